The van der Waals surface area contributed by atoms with Crippen LogP contribution in [0.2, 0.25) is 0 Å². The molecule has 1 heterocycles. The zero-order chi connectivity index (χ0) is 11.5. The van der Waals surface area contributed by atoms with Crippen LogP contribution < -0.4 is 0 Å². The van der Waals surface area contributed by atoms with Gasteiger partial charge in [0.2, 0.25) is 0 Å². The van der Waals surface area contributed by atoms with Crippen molar-refractivity contribution in [1.82, 2.24) is 0 Å². The van der Waals surface area contributed by atoms with Crippen LogP contribution >= 0.6 is 0 Å². The fourth-order valence-electron chi connectivity index (χ4n) is 1.93. The van der Waals surface area contributed by atoms with Crippen LogP contribution in [0, 0.1) is 0 Å². The minimum Gasteiger partial charge on any atom is -0.362 e. The molecular formula is C11H22O3S. The minimum absolute atomic E-state index is 0.559. The summed E-state index contributed by atoms with van der Waals surface area (Å²) in [5.41, 5.74) is -0.559. The Balaban J connectivity index is 2.89. The first-order valence-electron chi connectivity index (χ1n) is 5.83. The highest BCUT2D eigenvalue weighted by Crippen LogP contribution is 2.32. The number of ether oxygens (including phenoxy) is 1. The average molecular weight is 234 g/mol. The highest BCUT2D eigenvalue weighted by atomic mass is 32.2. The van der Waals surface area contributed by atoms with E-state index in [0.717, 1.165) is 12.8 Å². The summed E-state index contributed by atoms with van der Waals surface area (Å²) in [4.78, 5) is 0. The van der Waals surface area contributed by atoms with Gasteiger partial charge in [0.15, 0.2) is 15.3 Å². The predicted octanol–water partition coefficient (Wildman–Crippen LogP) is 2.51. The zero-order valence-electron chi connectivity index (χ0n) is 9.95. The summed E-state index contributed by atoms with van der Waals surface area (Å²) in [7, 11) is -3.15. The van der Waals surface area contributed by atoms with Crippen LogP contribution in [-0.4, -0.2) is 25.2 Å². The van der Waals surface area contributed by atoms with Gasteiger partial charge in [-0.1, -0.05) is 13.8 Å². The minimum atomic E-state index is -3.15. The molecule has 15 heavy (non-hydrogen) atoms. The molecule has 0 aromatic rings. The second-order valence-corrected chi connectivity index (χ2v) is 7.10. The Bertz CT molecular complexity index is 285. The standard InChI is InChI=1S/C11H22O3S/c1-4-11(3,5-2)15(12,13)10-8-6-7-9-14-10/h10H,4-9H2,1-3H3. The maximum Gasteiger partial charge on any atom is 0.182 e. The third-order valence-corrected chi connectivity index (χ3v) is 6.68. The van der Waals surface area contributed by atoms with Gasteiger partial charge in [-0.05, 0) is 39.0 Å². The lowest BCUT2D eigenvalue weighted by atomic mass is 10.1. The van der Waals surface area contributed by atoms with Gasteiger partial charge in [0.1, 0.15) is 0 Å². The molecule has 90 valence electrons. The summed E-state index contributed by atoms with van der Waals surface area (Å²) in [5, 5.41) is 0. The van der Waals surface area contributed by atoms with Crippen LogP contribution in [0.3, 0.4) is 0 Å². The largest absolute Gasteiger partial charge is 0.362 e. The summed E-state index contributed by atoms with van der Waals surface area (Å²) in [6.07, 6.45) is 3.93. The Morgan fingerprint density at radius 1 is 1.27 bits per heavy atom. The molecule has 1 fully saturated rings. The van der Waals surface area contributed by atoms with E-state index in [9.17, 15) is 8.42 Å². The zero-order valence-corrected chi connectivity index (χ0v) is 10.8. The van der Waals surface area contributed by atoms with Gasteiger partial charge in [0, 0.05) is 6.61 Å². The van der Waals surface area contributed by atoms with E-state index in [1.807, 2.05) is 20.8 Å². The van der Waals surface area contributed by atoms with E-state index in [-0.39, 0.29) is 0 Å². The Labute approximate surface area is 93.1 Å². The molecule has 0 amide bonds. The van der Waals surface area contributed by atoms with Gasteiger partial charge in [0.05, 0.1) is 4.75 Å². The Hall–Kier alpha value is -0.0900. The number of hydrogen-bond donors (Lipinski definition) is 0. The lowest BCUT2D eigenvalue weighted by Gasteiger charge is -2.33. The predicted molar refractivity (Wildman–Crippen MR) is 61.5 cm³/mol. The fourth-order valence-corrected chi connectivity index (χ4v) is 4.12. The molecule has 3 nitrogen and oxygen atoms in total. The van der Waals surface area contributed by atoms with E-state index in [4.69, 9.17) is 4.74 Å². The van der Waals surface area contributed by atoms with E-state index >= 15 is 0 Å². The first-order valence-corrected chi connectivity index (χ1v) is 7.37. The highest BCUT2D eigenvalue weighted by Gasteiger charge is 2.42. The molecule has 1 unspecified atom stereocenters. The second kappa shape index (κ2) is 4.83. The Morgan fingerprint density at radius 3 is 2.27 bits per heavy atom. The van der Waals surface area contributed by atoms with Crippen LogP contribution in [0.4, 0.5) is 0 Å². The van der Waals surface area contributed by atoms with Crippen molar-refractivity contribution in [2.75, 3.05) is 6.61 Å². The number of hydrogen-bond acceptors (Lipinski definition) is 3. The third kappa shape index (κ3) is 2.36. The molecule has 0 aromatic carbocycles. The highest BCUT2D eigenvalue weighted by molar-refractivity contribution is 7.93. The van der Waals surface area contributed by atoms with Crippen LogP contribution in [-0.2, 0) is 14.6 Å². The summed E-state index contributed by atoms with van der Waals surface area (Å²) < 4.78 is 29.5. The first-order chi connectivity index (χ1) is 6.98. The summed E-state index contributed by atoms with van der Waals surface area (Å²) in [5.74, 6) is 0. The van der Waals surface area contributed by atoms with Crippen LogP contribution in [0.15, 0.2) is 0 Å². The molecule has 1 saturated heterocycles. The second-order valence-electron chi connectivity index (χ2n) is 4.50. The molecule has 1 rings (SSSR count). The van der Waals surface area contributed by atoms with Gasteiger partial charge in [-0.25, -0.2) is 8.42 Å². The van der Waals surface area contributed by atoms with Gasteiger partial charge in [-0.15, -0.1) is 0 Å². The van der Waals surface area contributed by atoms with Gasteiger partial charge >= 0.3 is 0 Å². The van der Waals surface area contributed by atoms with Crippen molar-refractivity contribution in [1.29, 1.82) is 0 Å². The van der Waals surface area contributed by atoms with Crippen molar-refractivity contribution in [2.24, 2.45) is 0 Å². The SMILES string of the molecule is CCC(C)(CC)S(=O)(=O)C1CCCCO1. The monoisotopic (exact) mass is 234 g/mol. The van der Waals surface area contributed by atoms with E-state index in [1.54, 1.807) is 0 Å². The first kappa shape index (κ1) is 13.0. The van der Waals surface area contributed by atoms with Gasteiger partial charge in [-0.2, -0.15) is 0 Å². The van der Waals surface area contributed by atoms with E-state index < -0.39 is 20.0 Å². The van der Waals surface area contributed by atoms with Crippen LogP contribution in [0.25, 0.3) is 0 Å². The fraction of sp³-hybridized carbons (Fsp3) is 1.00. The topological polar surface area (TPSA) is 43.4 Å². The van der Waals surface area contributed by atoms with Crippen LogP contribution in [0.5, 0.6) is 0 Å². The lowest BCUT2D eigenvalue weighted by Crippen LogP contribution is -2.43. The van der Waals surface area contributed by atoms with E-state index in [2.05, 4.69) is 0 Å². The maximum atomic E-state index is 12.3. The molecule has 1 aliphatic rings. The van der Waals surface area contributed by atoms with Crippen LogP contribution in [0.1, 0.15) is 52.9 Å². The molecular weight excluding hydrogens is 212 g/mol. The molecule has 0 N–H and O–H groups in total. The Kier molecular flexibility index (Phi) is 4.18. The molecule has 0 radical (unpaired) electrons. The summed E-state index contributed by atoms with van der Waals surface area (Å²) >= 11 is 0. The molecule has 0 spiro atoms. The van der Waals surface area contributed by atoms with E-state index in [1.165, 1.54) is 0 Å². The molecule has 1 atom stereocenters. The Morgan fingerprint density at radius 2 is 1.87 bits per heavy atom. The van der Waals surface area contributed by atoms with Crippen molar-refractivity contribution in [2.45, 2.75) is 63.1 Å². The molecule has 0 aromatic heterocycles. The van der Waals surface area contributed by atoms with Crippen molar-refractivity contribution in [3.8, 4) is 0 Å². The average Bonchev–Trinajstić information content (AvgIpc) is 2.29. The summed E-state index contributed by atoms with van der Waals surface area (Å²) in [6, 6.07) is 0. The molecule has 4 heteroatoms. The molecule has 0 aliphatic carbocycles. The van der Waals surface area contributed by atoms with Gasteiger partial charge in [-0.3, -0.25) is 0 Å². The number of sulfone groups is 1. The number of rotatable bonds is 4. The van der Waals surface area contributed by atoms with Crippen molar-refractivity contribution in [3.63, 3.8) is 0 Å². The maximum absolute atomic E-state index is 12.3. The third-order valence-electron chi connectivity index (χ3n) is 3.67. The van der Waals surface area contributed by atoms with Crippen molar-refractivity contribution >= 4 is 9.84 Å². The molecule has 0 bridgehead atoms. The molecule has 1 aliphatic heterocycles. The lowest BCUT2D eigenvalue weighted by molar-refractivity contribution is 0.0643. The van der Waals surface area contributed by atoms with E-state index in [0.29, 0.717) is 25.9 Å². The smallest absolute Gasteiger partial charge is 0.182 e. The van der Waals surface area contributed by atoms with Gasteiger partial charge < -0.3 is 4.74 Å². The van der Waals surface area contributed by atoms with Crippen molar-refractivity contribution < 1.29 is 13.2 Å². The van der Waals surface area contributed by atoms with Crippen molar-refractivity contribution in [3.05, 3.63) is 0 Å². The summed E-state index contributed by atoms with van der Waals surface area (Å²) in [6.45, 7) is 6.29. The van der Waals surface area contributed by atoms with Gasteiger partial charge in [0.25, 0.3) is 0 Å². The quantitative estimate of drug-likeness (QED) is 0.750. The normalized spacial score (nSPS) is 24.1. The molecule has 0 saturated carbocycles.